The first-order valence-electron chi connectivity index (χ1n) is 6.29. The van der Waals surface area contributed by atoms with E-state index in [4.69, 9.17) is 0 Å². The van der Waals surface area contributed by atoms with Gasteiger partial charge in [-0.1, -0.05) is 66.7 Å². The lowest BCUT2D eigenvalue weighted by Gasteiger charge is -2.05. The molecule has 19 heavy (non-hydrogen) atoms. The number of benzene rings is 2. The summed E-state index contributed by atoms with van der Waals surface area (Å²) in [6.07, 6.45) is 4.36. The van der Waals surface area contributed by atoms with Crippen LogP contribution in [0.2, 0.25) is 0 Å². The molecule has 1 heterocycles. The molecule has 1 heteroatoms. The van der Waals surface area contributed by atoms with Crippen LogP contribution in [-0.2, 0) is 0 Å². The minimum absolute atomic E-state index is 1.25. The van der Waals surface area contributed by atoms with Gasteiger partial charge in [-0.25, -0.2) is 0 Å². The fourth-order valence-electron chi connectivity index (χ4n) is 2.08. The summed E-state index contributed by atoms with van der Waals surface area (Å²) in [6, 6.07) is 23.2. The van der Waals surface area contributed by atoms with E-state index in [1.165, 1.54) is 21.6 Å². The lowest BCUT2D eigenvalue weighted by molar-refractivity contribution is 1.59. The van der Waals surface area contributed by atoms with E-state index in [0.717, 1.165) is 0 Å². The Balaban J connectivity index is 1.99. The molecule has 0 unspecified atom stereocenters. The van der Waals surface area contributed by atoms with Crippen LogP contribution in [0.1, 0.15) is 10.4 Å². The third-order valence-electron chi connectivity index (χ3n) is 3.02. The predicted molar refractivity (Wildman–Crippen MR) is 85.1 cm³/mol. The molecule has 3 aromatic rings. The molecule has 0 atom stereocenters. The van der Waals surface area contributed by atoms with Crippen LogP contribution >= 0.6 is 11.3 Å². The van der Waals surface area contributed by atoms with Gasteiger partial charge in [-0.3, -0.25) is 0 Å². The third kappa shape index (κ3) is 2.83. The van der Waals surface area contributed by atoms with Gasteiger partial charge in [0, 0.05) is 4.88 Å². The minimum Gasteiger partial charge on any atom is -0.144 e. The van der Waals surface area contributed by atoms with Crippen LogP contribution in [-0.4, -0.2) is 0 Å². The highest BCUT2D eigenvalue weighted by atomic mass is 32.1. The molecule has 0 spiro atoms. The second-order valence-electron chi connectivity index (χ2n) is 4.30. The van der Waals surface area contributed by atoms with Crippen LogP contribution in [0.3, 0.4) is 0 Å². The van der Waals surface area contributed by atoms with Gasteiger partial charge in [0.25, 0.3) is 0 Å². The summed E-state index contributed by atoms with van der Waals surface area (Å²) < 4.78 is 0. The fourth-order valence-corrected chi connectivity index (χ4v) is 2.70. The van der Waals surface area contributed by atoms with Gasteiger partial charge < -0.3 is 0 Å². The van der Waals surface area contributed by atoms with E-state index in [1.54, 1.807) is 11.3 Å². The first kappa shape index (κ1) is 11.9. The molecule has 0 aliphatic rings. The van der Waals surface area contributed by atoms with Crippen LogP contribution in [0, 0.1) is 0 Å². The average molecular weight is 262 g/mol. The topological polar surface area (TPSA) is 0 Å². The molecule has 0 saturated heterocycles. The number of hydrogen-bond donors (Lipinski definition) is 0. The van der Waals surface area contributed by atoms with Gasteiger partial charge in [0.2, 0.25) is 0 Å². The van der Waals surface area contributed by atoms with Crippen LogP contribution in [0.5, 0.6) is 0 Å². The highest BCUT2D eigenvalue weighted by molar-refractivity contribution is 7.10. The Bertz CT molecular complexity index is 664. The molecule has 0 radical (unpaired) electrons. The SMILES string of the molecule is C(=Cc1ccccc1-c1ccccc1)c1cccs1. The van der Waals surface area contributed by atoms with Gasteiger partial charge in [0.1, 0.15) is 0 Å². The van der Waals surface area contributed by atoms with E-state index in [0.29, 0.717) is 0 Å². The predicted octanol–water partition coefficient (Wildman–Crippen LogP) is 5.59. The van der Waals surface area contributed by atoms with Crippen molar-refractivity contribution in [3.8, 4) is 11.1 Å². The zero-order chi connectivity index (χ0) is 12.9. The number of thiophene rings is 1. The zero-order valence-corrected chi connectivity index (χ0v) is 11.3. The normalized spacial score (nSPS) is 10.9. The van der Waals surface area contributed by atoms with Gasteiger partial charge in [0.15, 0.2) is 0 Å². The molecule has 3 rings (SSSR count). The van der Waals surface area contributed by atoms with E-state index in [9.17, 15) is 0 Å². The standard InChI is InChI=1S/C18H14S/c1-2-7-15(8-3-1)18-11-5-4-9-16(18)12-13-17-10-6-14-19-17/h1-14H. The summed E-state index contributed by atoms with van der Waals surface area (Å²) in [5.41, 5.74) is 3.78. The Hall–Kier alpha value is -2.12. The smallest absolute Gasteiger partial charge is 0.0270 e. The molecule has 92 valence electrons. The molecule has 1 aromatic heterocycles. The lowest BCUT2D eigenvalue weighted by atomic mass is 9.99. The zero-order valence-electron chi connectivity index (χ0n) is 10.5. The maximum absolute atomic E-state index is 2.19. The molecule has 0 amide bonds. The van der Waals surface area contributed by atoms with Crippen LogP contribution < -0.4 is 0 Å². The monoisotopic (exact) mass is 262 g/mol. The summed E-state index contributed by atoms with van der Waals surface area (Å²) >= 11 is 1.76. The summed E-state index contributed by atoms with van der Waals surface area (Å²) in [5, 5.41) is 2.10. The van der Waals surface area contributed by atoms with Crippen molar-refractivity contribution in [1.82, 2.24) is 0 Å². The Labute approximate surface area is 117 Å². The fraction of sp³-hybridized carbons (Fsp3) is 0. The van der Waals surface area contributed by atoms with Crippen molar-refractivity contribution < 1.29 is 0 Å². The van der Waals surface area contributed by atoms with Crippen LogP contribution in [0.15, 0.2) is 72.1 Å². The van der Waals surface area contributed by atoms with E-state index in [1.807, 2.05) is 6.07 Å². The van der Waals surface area contributed by atoms with E-state index < -0.39 is 0 Å². The van der Waals surface area contributed by atoms with Crippen molar-refractivity contribution in [2.75, 3.05) is 0 Å². The largest absolute Gasteiger partial charge is 0.144 e. The second kappa shape index (κ2) is 5.68. The van der Waals surface area contributed by atoms with E-state index in [2.05, 4.69) is 78.2 Å². The number of hydrogen-bond acceptors (Lipinski definition) is 1. The van der Waals surface area contributed by atoms with Crippen molar-refractivity contribution in [1.29, 1.82) is 0 Å². The highest BCUT2D eigenvalue weighted by Gasteiger charge is 2.00. The van der Waals surface area contributed by atoms with Gasteiger partial charge in [0.05, 0.1) is 0 Å². The Morgan fingerprint density at radius 1 is 0.684 bits per heavy atom. The molecule has 0 aliphatic heterocycles. The maximum Gasteiger partial charge on any atom is 0.0270 e. The maximum atomic E-state index is 2.19. The minimum atomic E-state index is 1.25. The van der Waals surface area contributed by atoms with Gasteiger partial charge in [-0.15, -0.1) is 11.3 Å². The summed E-state index contributed by atoms with van der Waals surface area (Å²) in [4.78, 5) is 1.28. The quantitative estimate of drug-likeness (QED) is 0.577. The van der Waals surface area contributed by atoms with Crippen molar-refractivity contribution >= 4 is 23.5 Å². The average Bonchev–Trinajstić information content (AvgIpc) is 3.00. The highest BCUT2D eigenvalue weighted by Crippen LogP contribution is 2.25. The second-order valence-corrected chi connectivity index (χ2v) is 5.28. The van der Waals surface area contributed by atoms with Crippen molar-refractivity contribution in [3.05, 3.63) is 82.6 Å². The Morgan fingerprint density at radius 2 is 1.47 bits per heavy atom. The van der Waals surface area contributed by atoms with Gasteiger partial charge in [-0.05, 0) is 34.2 Å². The van der Waals surface area contributed by atoms with Crippen molar-refractivity contribution in [3.63, 3.8) is 0 Å². The Morgan fingerprint density at radius 3 is 2.26 bits per heavy atom. The molecule has 0 bridgehead atoms. The first-order chi connectivity index (χ1) is 9.43. The summed E-state index contributed by atoms with van der Waals surface area (Å²) in [6.45, 7) is 0. The van der Waals surface area contributed by atoms with Crippen LogP contribution in [0.25, 0.3) is 23.3 Å². The molecular weight excluding hydrogens is 248 g/mol. The molecular formula is C18H14S. The van der Waals surface area contributed by atoms with Gasteiger partial charge >= 0.3 is 0 Å². The summed E-state index contributed by atoms with van der Waals surface area (Å²) in [5.74, 6) is 0. The molecule has 0 N–H and O–H groups in total. The molecule has 0 aliphatic carbocycles. The lowest BCUT2D eigenvalue weighted by Crippen LogP contribution is -1.81. The summed E-state index contributed by atoms with van der Waals surface area (Å²) in [7, 11) is 0. The van der Waals surface area contributed by atoms with E-state index >= 15 is 0 Å². The van der Waals surface area contributed by atoms with E-state index in [-0.39, 0.29) is 0 Å². The van der Waals surface area contributed by atoms with Crippen LogP contribution in [0.4, 0.5) is 0 Å². The molecule has 0 saturated carbocycles. The van der Waals surface area contributed by atoms with Crippen molar-refractivity contribution in [2.45, 2.75) is 0 Å². The first-order valence-corrected chi connectivity index (χ1v) is 7.17. The third-order valence-corrected chi connectivity index (χ3v) is 3.85. The molecule has 0 fully saturated rings. The molecule has 0 nitrogen and oxygen atoms in total. The van der Waals surface area contributed by atoms with Crippen molar-refractivity contribution in [2.24, 2.45) is 0 Å². The van der Waals surface area contributed by atoms with Gasteiger partial charge in [-0.2, -0.15) is 0 Å². The Kier molecular flexibility index (Phi) is 3.57. The molecule has 2 aromatic carbocycles. The number of rotatable bonds is 3.